The van der Waals surface area contributed by atoms with Crippen LogP contribution in [0.3, 0.4) is 0 Å². The summed E-state index contributed by atoms with van der Waals surface area (Å²) < 4.78 is 0. The Hall–Kier alpha value is -2.11. The first-order valence-electron chi connectivity index (χ1n) is 8.29. The molecule has 3 aromatic rings. The molecule has 0 heterocycles. The second-order valence-electron chi connectivity index (χ2n) is 5.85. The topological polar surface area (TPSA) is 20.2 Å². The Kier molecular flexibility index (Phi) is 4.85. The fourth-order valence-corrected chi connectivity index (χ4v) is 5.58. The highest BCUT2D eigenvalue weighted by Gasteiger charge is 2.38. The average Bonchev–Trinajstić information content (AvgIpc) is 3.13. The van der Waals surface area contributed by atoms with Gasteiger partial charge in [-0.3, -0.25) is 0 Å². The highest BCUT2D eigenvalue weighted by atomic mass is 31.1. The Morgan fingerprint density at radius 3 is 1.76 bits per heavy atom. The second kappa shape index (κ2) is 7.42. The molecular weight excluding hydrogens is 323 g/mol. The van der Waals surface area contributed by atoms with Gasteiger partial charge in [0.25, 0.3) is 0 Å². The minimum atomic E-state index is -0.677. The zero-order chi connectivity index (χ0) is 17.1. The molecule has 0 aliphatic heterocycles. The first-order valence-corrected chi connectivity index (χ1v) is 9.63. The molecule has 1 nitrogen and oxygen atoms in total. The van der Waals surface area contributed by atoms with E-state index in [1.807, 2.05) is 18.2 Å². The van der Waals surface area contributed by atoms with Gasteiger partial charge in [0.15, 0.2) is 0 Å². The van der Waals surface area contributed by atoms with Gasteiger partial charge in [0.05, 0.1) is 0 Å². The van der Waals surface area contributed by atoms with Crippen LogP contribution >= 0.6 is 7.92 Å². The molecule has 2 heteroatoms. The van der Waals surface area contributed by atoms with Crippen LogP contribution in [0.4, 0.5) is 0 Å². The van der Waals surface area contributed by atoms with Crippen LogP contribution in [0.15, 0.2) is 84.9 Å². The molecule has 0 aromatic heterocycles. The van der Waals surface area contributed by atoms with E-state index in [9.17, 15) is 5.11 Å². The van der Waals surface area contributed by atoms with Crippen molar-refractivity contribution in [2.75, 3.05) is 0 Å². The first-order chi connectivity index (χ1) is 12.3. The van der Waals surface area contributed by atoms with Gasteiger partial charge in [-0.1, -0.05) is 78.9 Å². The number of rotatable bonds is 4. The summed E-state index contributed by atoms with van der Waals surface area (Å²) in [5, 5.41) is 13.0. The number of phenolic OH excluding ortho intramolecular Hbond substituents is 1. The summed E-state index contributed by atoms with van der Waals surface area (Å²) in [7, 11) is -0.677. The second-order valence-corrected chi connectivity index (χ2v) is 8.03. The lowest BCUT2D eigenvalue weighted by atomic mass is 9.96. The fraction of sp³-hybridized carbons (Fsp3) is 0. The zero-order valence-electron chi connectivity index (χ0n) is 13.7. The van der Waals surface area contributed by atoms with E-state index in [1.54, 1.807) is 6.07 Å². The molecule has 3 aromatic carbocycles. The largest absolute Gasteiger partial charge is 0.508 e. The molecule has 1 aliphatic rings. The summed E-state index contributed by atoms with van der Waals surface area (Å²) in [6.07, 6.45) is 6.37. The monoisotopic (exact) mass is 341 g/mol. The Balaban J connectivity index is 1.78. The molecule has 0 unspecified atom stereocenters. The number of aromatic hydroxyl groups is 1. The minimum absolute atomic E-state index is 0.325. The van der Waals surface area contributed by atoms with Gasteiger partial charge in [0, 0.05) is 17.1 Å². The molecule has 4 rings (SSSR count). The van der Waals surface area contributed by atoms with Crippen molar-refractivity contribution in [3.05, 3.63) is 121 Å². The van der Waals surface area contributed by atoms with E-state index >= 15 is 0 Å². The van der Waals surface area contributed by atoms with Gasteiger partial charge in [0.1, 0.15) is 5.75 Å². The van der Waals surface area contributed by atoms with Crippen molar-refractivity contribution in [3.8, 4) is 5.75 Å². The minimum Gasteiger partial charge on any atom is -0.508 e. The third-order valence-electron chi connectivity index (χ3n) is 4.26. The standard InChI is InChI=1S/C23H18OP/c24-22-16-8-7-14-20(22)21-15-9-17-23(21)25(18-10-3-1-4-11-18)19-12-5-2-6-13-19/h1-17,24H. The molecule has 1 fully saturated rings. The number of hydrogen-bond acceptors (Lipinski definition) is 1. The molecule has 0 bridgehead atoms. The van der Waals surface area contributed by atoms with Crippen molar-refractivity contribution in [1.82, 2.24) is 0 Å². The van der Waals surface area contributed by atoms with Gasteiger partial charge in [-0.2, -0.15) is 0 Å². The SMILES string of the molecule is Oc1ccccc1[C]1[CH][CH][CH][C]1P(c1ccccc1)c1ccccc1. The Bertz CT molecular complexity index is 776. The maximum absolute atomic E-state index is 10.3. The molecule has 0 spiro atoms. The van der Waals surface area contributed by atoms with Crippen molar-refractivity contribution in [2.45, 2.75) is 0 Å². The van der Waals surface area contributed by atoms with Gasteiger partial charge in [-0.05, 0) is 43.9 Å². The van der Waals surface area contributed by atoms with Crippen LogP contribution in [0, 0.1) is 30.8 Å². The Labute approximate surface area is 151 Å². The first kappa shape index (κ1) is 16.4. The third-order valence-corrected chi connectivity index (χ3v) is 6.76. The normalized spacial score (nSPS) is 15.7. The highest BCUT2D eigenvalue weighted by molar-refractivity contribution is 7.76. The van der Waals surface area contributed by atoms with Crippen LogP contribution in [0.25, 0.3) is 0 Å². The summed E-state index contributed by atoms with van der Waals surface area (Å²) in [6.45, 7) is 0. The van der Waals surface area contributed by atoms with Gasteiger partial charge in [-0.15, -0.1) is 0 Å². The van der Waals surface area contributed by atoms with Crippen molar-refractivity contribution in [2.24, 2.45) is 0 Å². The lowest BCUT2D eigenvalue weighted by molar-refractivity contribution is 0.471. The van der Waals surface area contributed by atoms with E-state index in [0.717, 1.165) is 11.5 Å². The average molecular weight is 341 g/mol. The zero-order valence-corrected chi connectivity index (χ0v) is 14.6. The lowest BCUT2D eigenvalue weighted by Gasteiger charge is -2.29. The highest BCUT2D eigenvalue weighted by Crippen LogP contribution is 2.58. The van der Waals surface area contributed by atoms with Crippen LogP contribution in [-0.2, 0) is 0 Å². The predicted molar refractivity (Wildman–Crippen MR) is 106 cm³/mol. The van der Waals surface area contributed by atoms with Crippen molar-refractivity contribution in [1.29, 1.82) is 0 Å². The van der Waals surface area contributed by atoms with E-state index in [2.05, 4.69) is 79.9 Å². The number of hydrogen-bond donors (Lipinski definition) is 1. The number of para-hydroxylation sites is 1. The maximum Gasteiger partial charge on any atom is 0.119 e. The summed E-state index contributed by atoms with van der Waals surface area (Å²) in [6, 6.07) is 28.8. The molecule has 121 valence electrons. The molecule has 1 N–H and O–H groups in total. The molecule has 0 atom stereocenters. The summed E-state index contributed by atoms with van der Waals surface area (Å²) in [5.74, 6) is 1.43. The molecule has 0 saturated heterocycles. The van der Waals surface area contributed by atoms with E-state index in [-0.39, 0.29) is 0 Å². The summed E-state index contributed by atoms with van der Waals surface area (Å²) in [5.41, 5.74) is 2.16. The molecule has 0 amide bonds. The third kappa shape index (κ3) is 3.34. The lowest BCUT2D eigenvalue weighted by Crippen LogP contribution is -2.19. The fourth-order valence-electron chi connectivity index (χ4n) is 3.12. The summed E-state index contributed by atoms with van der Waals surface area (Å²) >= 11 is 0. The van der Waals surface area contributed by atoms with Crippen molar-refractivity contribution < 1.29 is 5.11 Å². The van der Waals surface area contributed by atoms with Gasteiger partial charge in [0.2, 0.25) is 0 Å². The number of benzene rings is 3. The Morgan fingerprint density at radius 2 is 1.16 bits per heavy atom. The van der Waals surface area contributed by atoms with Gasteiger partial charge < -0.3 is 5.11 Å². The molecule has 1 aliphatic carbocycles. The smallest absolute Gasteiger partial charge is 0.119 e. The van der Waals surface area contributed by atoms with E-state index < -0.39 is 7.92 Å². The van der Waals surface area contributed by atoms with Gasteiger partial charge in [-0.25, -0.2) is 0 Å². The van der Waals surface area contributed by atoms with Gasteiger partial charge >= 0.3 is 0 Å². The molecule has 25 heavy (non-hydrogen) atoms. The quantitative estimate of drug-likeness (QED) is 0.687. The van der Waals surface area contributed by atoms with Crippen LogP contribution < -0.4 is 10.6 Å². The Morgan fingerprint density at radius 1 is 0.600 bits per heavy atom. The van der Waals surface area contributed by atoms with Crippen LogP contribution in [-0.4, -0.2) is 5.11 Å². The number of phenols is 1. The maximum atomic E-state index is 10.3. The van der Waals surface area contributed by atoms with E-state index in [1.165, 1.54) is 16.3 Å². The summed E-state index contributed by atoms with van der Waals surface area (Å²) in [4.78, 5) is 0. The molecular formula is C23H18OP. The van der Waals surface area contributed by atoms with Crippen LogP contribution in [0.2, 0.25) is 0 Å². The molecule has 1 saturated carbocycles. The van der Waals surface area contributed by atoms with Crippen molar-refractivity contribution >= 4 is 18.5 Å². The predicted octanol–water partition coefficient (Wildman–Crippen LogP) is 4.61. The van der Waals surface area contributed by atoms with Crippen molar-refractivity contribution in [3.63, 3.8) is 0 Å². The van der Waals surface area contributed by atoms with Crippen LogP contribution in [0.1, 0.15) is 5.56 Å². The van der Waals surface area contributed by atoms with E-state index in [0.29, 0.717) is 5.75 Å². The van der Waals surface area contributed by atoms with E-state index in [4.69, 9.17) is 0 Å². The van der Waals surface area contributed by atoms with Crippen LogP contribution in [0.5, 0.6) is 5.75 Å². The molecule has 5 radical (unpaired) electrons.